The van der Waals surface area contributed by atoms with Crippen molar-refractivity contribution in [3.05, 3.63) is 205 Å². The van der Waals surface area contributed by atoms with Crippen molar-refractivity contribution in [2.45, 2.75) is 43.9 Å². The summed E-state index contributed by atoms with van der Waals surface area (Å²) in [5.74, 6) is 4.61. The molecule has 0 saturated heterocycles. The molecule has 0 amide bonds. The van der Waals surface area contributed by atoms with Crippen LogP contribution in [-0.4, -0.2) is 19.5 Å². The number of nitriles is 1. The molecule has 320 valence electrons. The van der Waals surface area contributed by atoms with Gasteiger partial charge < -0.3 is 4.57 Å². The number of para-hydroxylation sites is 1. The Balaban J connectivity index is 0.869. The van der Waals surface area contributed by atoms with Crippen LogP contribution in [0.4, 0.5) is 0 Å². The summed E-state index contributed by atoms with van der Waals surface area (Å²) in [6.07, 6.45) is 8.60. The lowest BCUT2D eigenvalue weighted by molar-refractivity contribution is -0.00518. The first kappa shape index (κ1) is 39.4. The summed E-state index contributed by atoms with van der Waals surface area (Å²) in [7, 11) is 0. The number of nitrogens with zero attached hydrogens (tertiary/aromatic N) is 5. The highest BCUT2D eigenvalue weighted by atomic mass is 15.0. The van der Waals surface area contributed by atoms with E-state index < -0.39 is 0 Å². The van der Waals surface area contributed by atoms with Crippen LogP contribution in [0, 0.1) is 29.1 Å². The number of rotatable bonds is 8. The van der Waals surface area contributed by atoms with Crippen molar-refractivity contribution < 1.29 is 0 Å². The van der Waals surface area contributed by atoms with Crippen molar-refractivity contribution in [1.29, 1.82) is 5.26 Å². The standard InChI is InChI=1S/C62H47N5/c63-39-40-8-6-11-49(33-40)50-12-7-13-51(34-50)60-64-59(48-18-16-45(17-19-48)44-9-2-1-3-10-44)65-61(66-60)52-24-29-58-56(35-52)55-14-4-5-15-57(55)67(58)54-27-22-47(23-28-54)46-20-25-53(26-21-46)62-36-41-30-42(37-62)32-43(31-41)38-62/h1-29,33-35,41-43H,30-32,36-38H2/t41-,42-,43-,62?. The molecular formula is C62H47N5. The van der Waals surface area contributed by atoms with E-state index in [4.69, 9.17) is 15.0 Å². The van der Waals surface area contributed by atoms with Crippen LogP contribution in [0.15, 0.2) is 194 Å². The van der Waals surface area contributed by atoms with Gasteiger partial charge in [0.2, 0.25) is 0 Å². The van der Waals surface area contributed by atoms with Crippen molar-refractivity contribution >= 4 is 21.8 Å². The Labute approximate surface area is 391 Å². The smallest absolute Gasteiger partial charge is 0.164 e. The van der Waals surface area contributed by atoms with Gasteiger partial charge in [-0.3, -0.25) is 0 Å². The second-order valence-corrected chi connectivity index (χ2v) is 19.4. The molecule has 67 heavy (non-hydrogen) atoms. The minimum Gasteiger partial charge on any atom is -0.309 e. The fourth-order valence-electron chi connectivity index (χ4n) is 12.5. The average Bonchev–Trinajstić information content (AvgIpc) is 3.72. The maximum atomic E-state index is 9.62. The Kier molecular flexibility index (Phi) is 9.35. The zero-order valence-electron chi connectivity index (χ0n) is 37.2. The summed E-state index contributed by atoms with van der Waals surface area (Å²) < 4.78 is 2.37. The van der Waals surface area contributed by atoms with Gasteiger partial charge in [-0.05, 0) is 155 Å². The molecule has 0 atom stereocenters. The molecule has 0 aliphatic heterocycles. The first-order chi connectivity index (χ1) is 33.0. The van der Waals surface area contributed by atoms with E-state index in [1.807, 2.05) is 42.5 Å². The van der Waals surface area contributed by atoms with E-state index in [0.717, 1.165) is 78.8 Å². The van der Waals surface area contributed by atoms with Crippen LogP contribution >= 0.6 is 0 Å². The van der Waals surface area contributed by atoms with Gasteiger partial charge in [0.25, 0.3) is 0 Å². The highest BCUT2D eigenvalue weighted by Gasteiger charge is 2.51. The third kappa shape index (κ3) is 7.03. The Morgan fingerprint density at radius 1 is 0.403 bits per heavy atom. The summed E-state index contributed by atoms with van der Waals surface area (Å²) in [4.78, 5) is 15.5. The van der Waals surface area contributed by atoms with E-state index in [0.29, 0.717) is 28.5 Å². The summed E-state index contributed by atoms with van der Waals surface area (Å²) in [6.45, 7) is 0. The minimum absolute atomic E-state index is 0.413. The molecule has 4 saturated carbocycles. The van der Waals surface area contributed by atoms with Gasteiger partial charge in [-0.15, -0.1) is 0 Å². The van der Waals surface area contributed by atoms with E-state index >= 15 is 0 Å². The van der Waals surface area contributed by atoms with E-state index in [-0.39, 0.29) is 0 Å². The van der Waals surface area contributed by atoms with Crippen LogP contribution in [0.2, 0.25) is 0 Å². The average molecular weight is 862 g/mol. The molecule has 10 aromatic rings. The molecule has 4 bridgehead atoms. The number of hydrogen-bond acceptors (Lipinski definition) is 4. The van der Waals surface area contributed by atoms with Crippen molar-refractivity contribution in [3.63, 3.8) is 0 Å². The van der Waals surface area contributed by atoms with Crippen molar-refractivity contribution in [3.8, 4) is 79.3 Å². The fraction of sp³-hybridized carbons (Fsp3) is 0.161. The number of aromatic nitrogens is 4. The molecular weight excluding hydrogens is 815 g/mol. The minimum atomic E-state index is 0.413. The molecule has 4 fully saturated rings. The summed E-state index contributed by atoms with van der Waals surface area (Å²) >= 11 is 0. The Morgan fingerprint density at radius 3 is 1.55 bits per heavy atom. The van der Waals surface area contributed by atoms with E-state index in [1.165, 1.54) is 55.0 Å². The van der Waals surface area contributed by atoms with E-state index in [1.54, 1.807) is 5.56 Å². The Morgan fingerprint density at radius 2 is 0.881 bits per heavy atom. The number of hydrogen-bond donors (Lipinski definition) is 0. The lowest BCUT2D eigenvalue weighted by Crippen LogP contribution is -2.48. The normalized spacial score (nSPS) is 19.5. The van der Waals surface area contributed by atoms with Crippen LogP contribution in [0.5, 0.6) is 0 Å². The van der Waals surface area contributed by atoms with Gasteiger partial charge in [-0.2, -0.15) is 5.26 Å². The lowest BCUT2D eigenvalue weighted by Gasteiger charge is -2.57. The van der Waals surface area contributed by atoms with Crippen molar-refractivity contribution in [1.82, 2.24) is 19.5 Å². The van der Waals surface area contributed by atoms with Crippen LogP contribution in [-0.2, 0) is 5.41 Å². The number of fused-ring (bicyclic) bond motifs is 3. The van der Waals surface area contributed by atoms with E-state index in [2.05, 4.69) is 162 Å². The summed E-state index contributed by atoms with van der Waals surface area (Å²) in [5, 5.41) is 11.9. The third-order valence-corrected chi connectivity index (χ3v) is 15.3. The molecule has 0 radical (unpaired) electrons. The second-order valence-electron chi connectivity index (χ2n) is 19.4. The highest BCUT2D eigenvalue weighted by Crippen LogP contribution is 2.60. The number of benzene rings is 8. The maximum absolute atomic E-state index is 9.62. The molecule has 4 aliphatic carbocycles. The fourth-order valence-corrected chi connectivity index (χ4v) is 12.5. The molecule has 2 aromatic heterocycles. The predicted octanol–water partition coefficient (Wildman–Crippen LogP) is 15.3. The van der Waals surface area contributed by atoms with Gasteiger partial charge >= 0.3 is 0 Å². The first-order valence-electron chi connectivity index (χ1n) is 23.8. The van der Waals surface area contributed by atoms with Gasteiger partial charge in [0.1, 0.15) is 0 Å². The molecule has 5 nitrogen and oxygen atoms in total. The predicted molar refractivity (Wildman–Crippen MR) is 271 cm³/mol. The second kappa shape index (κ2) is 15.9. The highest BCUT2D eigenvalue weighted by molar-refractivity contribution is 6.10. The Bertz CT molecular complexity index is 3510. The zero-order valence-corrected chi connectivity index (χ0v) is 37.2. The molecule has 0 spiro atoms. The van der Waals surface area contributed by atoms with Gasteiger partial charge in [-0.25, -0.2) is 15.0 Å². The molecule has 0 N–H and O–H groups in total. The SMILES string of the molecule is N#Cc1cccc(-c2cccc(-c3nc(-c4ccc(-c5ccccc5)cc4)nc(-c4ccc5c(c4)c4ccccc4n5-c4ccc(-c5ccc(C67C[C@H]8C[C@H](C6)C[C@@H](C7)C8)cc5)cc4)n3)c2)c1. The van der Waals surface area contributed by atoms with E-state index in [9.17, 15) is 5.26 Å². The summed E-state index contributed by atoms with van der Waals surface area (Å²) in [6, 6.07) is 71.0. The lowest BCUT2D eigenvalue weighted by atomic mass is 9.48. The monoisotopic (exact) mass is 861 g/mol. The molecule has 0 unspecified atom stereocenters. The van der Waals surface area contributed by atoms with Gasteiger partial charge in [0, 0.05) is 33.2 Å². The molecule has 2 heterocycles. The van der Waals surface area contributed by atoms with Crippen molar-refractivity contribution in [2.75, 3.05) is 0 Å². The van der Waals surface area contributed by atoms with Gasteiger partial charge in [-0.1, -0.05) is 140 Å². The molecule has 8 aromatic carbocycles. The molecule has 5 heteroatoms. The zero-order chi connectivity index (χ0) is 44.5. The van der Waals surface area contributed by atoms with Gasteiger partial charge in [0.15, 0.2) is 17.5 Å². The van der Waals surface area contributed by atoms with Crippen LogP contribution in [0.3, 0.4) is 0 Å². The largest absolute Gasteiger partial charge is 0.309 e. The van der Waals surface area contributed by atoms with Crippen LogP contribution < -0.4 is 0 Å². The van der Waals surface area contributed by atoms with Gasteiger partial charge in [0.05, 0.1) is 22.7 Å². The molecule has 14 rings (SSSR count). The topological polar surface area (TPSA) is 67.4 Å². The maximum Gasteiger partial charge on any atom is 0.164 e. The summed E-state index contributed by atoms with van der Waals surface area (Å²) in [5.41, 5.74) is 15.4. The quantitative estimate of drug-likeness (QED) is 0.153. The third-order valence-electron chi connectivity index (χ3n) is 15.3. The van der Waals surface area contributed by atoms with Crippen LogP contribution in [0.1, 0.15) is 49.7 Å². The molecule has 4 aliphatic rings. The first-order valence-corrected chi connectivity index (χ1v) is 23.8. The van der Waals surface area contributed by atoms with Crippen molar-refractivity contribution in [2.24, 2.45) is 17.8 Å². The Hall–Kier alpha value is -7.94. The van der Waals surface area contributed by atoms with Crippen LogP contribution in [0.25, 0.3) is 95.0 Å².